The number of carbonyl (C=O) groups excluding carboxylic acids is 2. The number of rotatable bonds is 4. The van der Waals surface area contributed by atoms with E-state index >= 15 is 0 Å². The van der Waals surface area contributed by atoms with Gasteiger partial charge in [-0.25, -0.2) is 4.79 Å². The van der Waals surface area contributed by atoms with Crippen LogP contribution in [-0.2, 0) is 9.53 Å². The predicted octanol–water partition coefficient (Wildman–Crippen LogP) is 4.93. The average molecular weight is 455 g/mol. The molecule has 0 saturated heterocycles. The maximum Gasteiger partial charge on any atom is 0.338 e. The van der Waals surface area contributed by atoms with Gasteiger partial charge in [-0.2, -0.15) is 0 Å². The highest BCUT2D eigenvalue weighted by atomic mass is 79.9. The van der Waals surface area contributed by atoms with Crippen molar-refractivity contribution in [1.82, 2.24) is 0 Å². The maximum absolute atomic E-state index is 12.1. The smallest absolute Gasteiger partial charge is 0.338 e. The Morgan fingerprint density at radius 2 is 1.62 bits per heavy atom. The molecule has 0 fully saturated rings. The molecule has 0 unspecified atom stereocenters. The Labute approximate surface area is 157 Å². The fraction of sp³-hybridized carbons (Fsp3) is 0.222. The summed E-state index contributed by atoms with van der Waals surface area (Å²) in [4.78, 5) is 24.1. The van der Waals surface area contributed by atoms with Gasteiger partial charge in [0.25, 0.3) is 5.91 Å². The molecule has 2 aromatic carbocycles. The zero-order valence-corrected chi connectivity index (χ0v) is 16.7. The second-order valence-corrected chi connectivity index (χ2v) is 7.25. The lowest BCUT2D eigenvalue weighted by Gasteiger charge is -2.11. The molecule has 0 bridgehead atoms. The minimum atomic E-state index is -0.510. The lowest BCUT2D eigenvalue weighted by Crippen LogP contribution is -2.21. The number of hydrogen-bond donors (Lipinski definition) is 1. The van der Waals surface area contributed by atoms with Gasteiger partial charge in [0.05, 0.1) is 11.3 Å². The van der Waals surface area contributed by atoms with Gasteiger partial charge >= 0.3 is 5.97 Å². The van der Waals surface area contributed by atoms with Gasteiger partial charge in [0, 0.05) is 8.95 Å². The van der Waals surface area contributed by atoms with Crippen molar-refractivity contribution < 1.29 is 14.3 Å². The quantitative estimate of drug-likeness (QED) is 0.666. The van der Waals surface area contributed by atoms with Crippen molar-refractivity contribution in [1.29, 1.82) is 0 Å². The number of halogens is 2. The molecule has 0 aliphatic rings. The third-order valence-electron chi connectivity index (χ3n) is 3.39. The second-order valence-electron chi connectivity index (χ2n) is 5.55. The van der Waals surface area contributed by atoms with Crippen molar-refractivity contribution in [3.63, 3.8) is 0 Å². The number of ether oxygens (including phenoxy) is 1. The van der Waals surface area contributed by atoms with Gasteiger partial charge < -0.3 is 10.1 Å². The Morgan fingerprint density at radius 3 is 2.21 bits per heavy atom. The second kappa shape index (κ2) is 7.94. The molecule has 0 spiro atoms. The SMILES string of the molecule is Cc1ccc(C(=O)OCC(=O)Nc2c(Br)cc(C)cc2Br)c(C)c1. The Balaban J connectivity index is 2.00. The van der Waals surface area contributed by atoms with Crippen molar-refractivity contribution in [3.05, 3.63) is 61.5 Å². The number of carbonyl (C=O) groups is 2. The zero-order valence-electron chi connectivity index (χ0n) is 13.6. The molecule has 0 heterocycles. The third-order valence-corrected chi connectivity index (χ3v) is 4.64. The summed E-state index contributed by atoms with van der Waals surface area (Å²) in [6.07, 6.45) is 0. The summed E-state index contributed by atoms with van der Waals surface area (Å²) in [5.41, 5.74) is 4.01. The van der Waals surface area contributed by atoms with Gasteiger partial charge in [-0.15, -0.1) is 0 Å². The first-order chi connectivity index (χ1) is 11.3. The van der Waals surface area contributed by atoms with Crippen LogP contribution in [0.4, 0.5) is 5.69 Å². The molecule has 0 radical (unpaired) electrons. The van der Waals surface area contributed by atoms with E-state index in [9.17, 15) is 9.59 Å². The number of aryl methyl sites for hydroxylation is 3. The number of hydrogen-bond acceptors (Lipinski definition) is 3. The molecule has 0 saturated carbocycles. The largest absolute Gasteiger partial charge is 0.452 e. The van der Waals surface area contributed by atoms with Crippen LogP contribution in [0, 0.1) is 20.8 Å². The molecule has 24 heavy (non-hydrogen) atoms. The van der Waals surface area contributed by atoms with E-state index in [-0.39, 0.29) is 6.61 Å². The number of amides is 1. The van der Waals surface area contributed by atoms with E-state index in [0.717, 1.165) is 25.6 Å². The van der Waals surface area contributed by atoms with Crippen LogP contribution >= 0.6 is 31.9 Å². The number of anilines is 1. The molecule has 1 N–H and O–H groups in total. The molecule has 0 aliphatic heterocycles. The summed E-state index contributed by atoms with van der Waals surface area (Å²) >= 11 is 6.81. The molecule has 4 nitrogen and oxygen atoms in total. The van der Waals surface area contributed by atoms with Gasteiger partial charge in [0.2, 0.25) is 0 Å². The average Bonchev–Trinajstić information content (AvgIpc) is 2.48. The fourth-order valence-electron chi connectivity index (χ4n) is 2.25. The highest BCUT2D eigenvalue weighted by molar-refractivity contribution is 9.11. The Bertz CT molecular complexity index is 780. The van der Waals surface area contributed by atoms with Gasteiger partial charge in [-0.3, -0.25) is 4.79 Å². The highest BCUT2D eigenvalue weighted by Crippen LogP contribution is 2.32. The van der Waals surface area contributed by atoms with E-state index in [1.807, 2.05) is 45.0 Å². The zero-order chi connectivity index (χ0) is 17.9. The van der Waals surface area contributed by atoms with Crippen molar-refractivity contribution in [2.75, 3.05) is 11.9 Å². The van der Waals surface area contributed by atoms with E-state index in [0.29, 0.717) is 11.3 Å². The van der Waals surface area contributed by atoms with Gasteiger partial charge in [0.15, 0.2) is 6.61 Å². The van der Waals surface area contributed by atoms with Crippen LogP contribution in [0.2, 0.25) is 0 Å². The van der Waals surface area contributed by atoms with Gasteiger partial charge in [0.1, 0.15) is 0 Å². The summed E-state index contributed by atoms with van der Waals surface area (Å²) in [7, 11) is 0. The predicted molar refractivity (Wildman–Crippen MR) is 101 cm³/mol. The Kier molecular flexibility index (Phi) is 6.18. The molecule has 2 aromatic rings. The lowest BCUT2D eigenvalue weighted by molar-refractivity contribution is -0.119. The van der Waals surface area contributed by atoms with Crippen LogP contribution in [0.5, 0.6) is 0 Å². The van der Waals surface area contributed by atoms with E-state index in [4.69, 9.17) is 4.74 Å². The van der Waals surface area contributed by atoms with E-state index in [1.54, 1.807) is 6.07 Å². The number of nitrogens with one attached hydrogen (secondary N) is 1. The van der Waals surface area contributed by atoms with E-state index in [1.165, 1.54) is 0 Å². The monoisotopic (exact) mass is 453 g/mol. The Hall–Kier alpha value is -1.66. The van der Waals surface area contributed by atoms with Crippen LogP contribution in [0.1, 0.15) is 27.0 Å². The minimum Gasteiger partial charge on any atom is -0.452 e. The van der Waals surface area contributed by atoms with Crippen LogP contribution < -0.4 is 5.32 Å². The molecular weight excluding hydrogens is 438 g/mol. The highest BCUT2D eigenvalue weighted by Gasteiger charge is 2.14. The van der Waals surface area contributed by atoms with Crippen molar-refractivity contribution >= 4 is 49.4 Å². The van der Waals surface area contributed by atoms with E-state index in [2.05, 4.69) is 37.2 Å². The van der Waals surface area contributed by atoms with Gasteiger partial charge in [-0.05, 0) is 82.0 Å². The van der Waals surface area contributed by atoms with Crippen molar-refractivity contribution in [2.45, 2.75) is 20.8 Å². The van der Waals surface area contributed by atoms with Crippen molar-refractivity contribution in [2.24, 2.45) is 0 Å². The van der Waals surface area contributed by atoms with Crippen LogP contribution in [0.3, 0.4) is 0 Å². The Morgan fingerprint density at radius 1 is 1.00 bits per heavy atom. The topological polar surface area (TPSA) is 55.4 Å². The van der Waals surface area contributed by atoms with E-state index < -0.39 is 11.9 Å². The molecule has 0 aliphatic carbocycles. The summed E-state index contributed by atoms with van der Waals surface area (Å²) in [5.74, 6) is -0.914. The summed E-state index contributed by atoms with van der Waals surface area (Å²) < 4.78 is 6.61. The first kappa shape index (κ1) is 18.7. The molecule has 0 atom stereocenters. The molecule has 1 amide bonds. The summed E-state index contributed by atoms with van der Waals surface area (Å²) in [5, 5.41) is 2.73. The van der Waals surface area contributed by atoms with Gasteiger partial charge in [-0.1, -0.05) is 17.7 Å². The lowest BCUT2D eigenvalue weighted by atomic mass is 10.1. The normalized spacial score (nSPS) is 10.4. The minimum absolute atomic E-state index is 0.348. The fourth-order valence-corrected chi connectivity index (χ4v) is 3.86. The van der Waals surface area contributed by atoms with Crippen molar-refractivity contribution in [3.8, 4) is 0 Å². The summed E-state index contributed by atoms with van der Waals surface area (Å²) in [6, 6.07) is 9.23. The molecule has 2 rings (SSSR count). The number of benzene rings is 2. The molecular formula is C18H17Br2NO3. The number of esters is 1. The third kappa shape index (κ3) is 4.68. The molecule has 126 valence electrons. The maximum atomic E-state index is 12.1. The van der Waals surface area contributed by atoms with Crippen LogP contribution in [0.25, 0.3) is 0 Å². The van der Waals surface area contributed by atoms with Crippen LogP contribution in [0.15, 0.2) is 39.3 Å². The first-order valence-electron chi connectivity index (χ1n) is 7.28. The summed E-state index contributed by atoms with van der Waals surface area (Å²) in [6.45, 7) is 5.39. The molecule has 0 aromatic heterocycles. The standard InChI is InChI=1S/C18H17Br2NO3/c1-10-4-5-13(12(3)6-10)18(23)24-9-16(22)21-17-14(19)7-11(2)8-15(17)20/h4-8H,9H2,1-3H3,(H,21,22). The molecule has 6 heteroatoms. The first-order valence-corrected chi connectivity index (χ1v) is 8.86. The van der Waals surface area contributed by atoms with Crippen LogP contribution in [-0.4, -0.2) is 18.5 Å².